The number of benzene rings is 1. The van der Waals surface area contributed by atoms with Gasteiger partial charge in [-0.2, -0.15) is 0 Å². The van der Waals surface area contributed by atoms with Crippen LogP contribution in [0.4, 0.5) is 4.39 Å². The first kappa shape index (κ1) is 14.7. The van der Waals surface area contributed by atoms with Crippen LogP contribution in [0.3, 0.4) is 0 Å². The second-order valence-electron chi connectivity index (χ2n) is 5.41. The van der Waals surface area contributed by atoms with Gasteiger partial charge in [-0.1, -0.05) is 12.1 Å². The Balaban J connectivity index is 2.58. The van der Waals surface area contributed by atoms with E-state index in [1.165, 1.54) is 0 Å². The number of nitrogens with zero attached hydrogens (tertiary/aromatic N) is 1. The van der Waals surface area contributed by atoms with Crippen molar-refractivity contribution < 1.29 is 4.39 Å². The average Bonchev–Trinajstić information content (AvgIpc) is 2.34. The van der Waals surface area contributed by atoms with Crippen LogP contribution in [-0.4, -0.2) is 12.0 Å². The molecular weight excluding hydrogens is 251 g/mol. The van der Waals surface area contributed by atoms with Gasteiger partial charge in [-0.05, 0) is 63.1 Å². The SMILES string of the molecule is CNC(c1ncc(C)cc1C)c1c(C)cc(C)cc1F. The standard InChI is InChI=1S/C17H21FN2/c1-10-6-12(3)15(14(18)8-10)17(19-5)16-13(4)7-11(2)9-20-16/h6-9,17,19H,1-5H3. The highest BCUT2D eigenvalue weighted by Gasteiger charge is 2.21. The van der Waals surface area contributed by atoms with E-state index < -0.39 is 0 Å². The number of hydrogen-bond donors (Lipinski definition) is 1. The molecule has 0 aliphatic heterocycles. The van der Waals surface area contributed by atoms with E-state index >= 15 is 0 Å². The van der Waals surface area contributed by atoms with Crippen molar-refractivity contribution in [3.05, 3.63) is 63.7 Å². The minimum atomic E-state index is -0.226. The lowest BCUT2D eigenvalue weighted by molar-refractivity contribution is 0.565. The Morgan fingerprint density at radius 2 is 1.65 bits per heavy atom. The van der Waals surface area contributed by atoms with Gasteiger partial charge < -0.3 is 5.32 Å². The van der Waals surface area contributed by atoms with Gasteiger partial charge in [-0.15, -0.1) is 0 Å². The van der Waals surface area contributed by atoms with Crippen molar-refractivity contribution in [3.63, 3.8) is 0 Å². The Labute approximate surface area is 120 Å². The molecule has 0 aliphatic carbocycles. The maximum absolute atomic E-state index is 14.4. The van der Waals surface area contributed by atoms with E-state index in [0.717, 1.165) is 27.9 Å². The Kier molecular flexibility index (Phi) is 4.19. The Morgan fingerprint density at radius 3 is 2.20 bits per heavy atom. The lowest BCUT2D eigenvalue weighted by Gasteiger charge is -2.21. The second-order valence-corrected chi connectivity index (χ2v) is 5.41. The predicted molar refractivity (Wildman–Crippen MR) is 80.5 cm³/mol. The van der Waals surface area contributed by atoms with Gasteiger partial charge in [0, 0.05) is 11.8 Å². The van der Waals surface area contributed by atoms with Gasteiger partial charge in [0.25, 0.3) is 0 Å². The van der Waals surface area contributed by atoms with Crippen LogP contribution >= 0.6 is 0 Å². The van der Waals surface area contributed by atoms with E-state index in [1.54, 1.807) is 6.07 Å². The van der Waals surface area contributed by atoms with Gasteiger partial charge in [0.1, 0.15) is 5.82 Å². The number of nitrogens with one attached hydrogen (secondary N) is 1. The monoisotopic (exact) mass is 272 g/mol. The summed E-state index contributed by atoms with van der Waals surface area (Å²) < 4.78 is 14.4. The van der Waals surface area contributed by atoms with E-state index in [1.807, 2.05) is 47.0 Å². The van der Waals surface area contributed by atoms with Gasteiger partial charge in [0.2, 0.25) is 0 Å². The van der Waals surface area contributed by atoms with Gasteiger partial charge in [0.15, 0.2) is 0 Å². The molecule has 0 aliphatic rings. The number of aromatic nitrogens is 1. The third-order valence-electron chi connectivity index (χ3n) is 3.59. The zero-order valence-electron chi connectivity index (χ0n) is 12.7. The van der Waals surface area contributed by atoms with Crippen LogP contribution in [0.25, 0.3) is 0 Å². The van der Waals surface area contributed by atoms with Crippen molar-refractivity contribution in [2.24, 2.45) is 0 Å². The molecule has 1 unspecified atom stereocenters. The Bertz CT molecular complexity index is 612. The van der Waals surface area contributed by atoms with Crippen molar-refractivity contribution >= 4 is 0 Å². The Hall–Kier alpha value is -1.74. The van der Waals surface area contributed by atoms with Crippen molar-refractivity contribution in [2.75, 3.05) is 7.05 Å². The first-order valence-electron chi connectivity index (χ1n) is 6.81. The summed E-state index contributed by atoms with van der Waals surface area (Å²) in [6, 6.07) is 5.44. The van der Waals surface area contributed by atoms with Crippen LogP contribution in [0.1, 0.15) is 39.6 Å². The molecule has 0 fully saturated rings. The molecule has 0 amide bonds. The van der Waals surface area contributed by atoms with Crippen molar-refractivity contribution in [3.8, 4) is 0 Å². The Morgan fingerprint density at radius 1 is 1.00 bits per heavy atom. The number of pyridine rings is 1. The summed E-state index contributed by atoms with van der Waals surface area (Å²) in [5.41, 5.74) is 5.63. The van der Waals surface area contributed by atoms with E-state index in [2.05, 4.69) is 16.4 Å². The third-order valence-corrected chi connectivity index (χ3v) is 3.59. The van der Waals surface area contributed by atoms with Crippen molar-refractivity contribution in [1.29, 1.82) is 0 Å². The molecule has 1 atom stereocenters. The fourth-order valence-corrected chi connectivity index (χ4v) is 2.74. The summed E-state index contributed by atoms with van der Waals surface area (Å²) in [6.07, 6.45) is 1.83. The molecule has 2 nitrogen and oxygen atoms in total. The molecule has 2 aromatic rings. The quantitative estimate of drug-likeness (QED) is 0.920. The lowest BCUT2D eigenvalue weighted by Crippen LogP contribution is -2.22. The molecule has 0 saturated carbocycles. The van der Waals surface area contributed by atoms with Crippen molar-refractivity contribution in [2.45, 2.75) is 33.7 Å². The van der Waals surface area contributed by atoms with Crippen LogP contribution in [0.5, 0.6) is 0 Å². The largest absolute Gasteiger partial charge is 0.308 e. The van der Waals surface area contributed by atoms with E-state index in [-0.39, 0.29) is 11.9 Å². The molecule has 1 aromatic heterocycles. The van der Waals surface area contributed by atoms with Gasteiger partial charge >= 0.3 is 0 Å². The van der Waals surface area contributed by atoms with Gasteiger partial charge in [-0.3, -0.25) is 4.98 Å². The second kappa shape index (κ2) is 5.71. The topological polar surface area (TPSA) is 24.9 Å². The van der Waals surface area contributed by atoms with Gasteiger partial charge in [0.05, 0.1) is 11.7 Å². The zero-order chi connectivity index (χ0) is 14.9. The first-order valence-corrected chi connectivity index (χ1v) is 6.81. The summed E-state index contributed by atoms with van der Waals surface area (Å²) in [5, 5.41) is 3.19. The molecule has 106 valence electrons. The van der Waals surface area contributed by atoms with Crippen LogP contribution in [0.2, 0.25) is 0 Å². The zero-order valence-corrected chi connectivity index (χ0v) is 12.7. The highest BCUT2D eigenvalue weighted by atomic mass is 19.1. The third kappa shape index (κ3) is 2.73. The molecule has 2 rings (SSSR count). The summed E-state index contributed by atoms with van der Waals surface area (Å²) in [7, 11) is 1.84. The smallest absolute Gasteiger partial charge is 0.128 e. The molecule has 3 heteroatoms. The molecule has 20 heavy (non-hydrogen) atoms. The highest BCUT2D eigenvalue weighted by Crippen LogP contribution is 2.28. The van der Waals surface area contributed by atoms with Crippen LogP contribution < -0.4 is 5.32 Å². The molecule has 0 bridgehead atoms. The molecule has 0 radical (unpaired) electrons. The highest BCUT2D eigenvalue weighted by molar-refractivity contribution is 5.40. The van der Waals surface area contributed by atoms with E-state index in [4.69, 9.17) is 0 Å². The number of halogens is 1. The summed E-state index contributed by atoms with van der Waals surface area (Å²) in [5.74, 6) is -0.177. The normalized spacial score (nSPS) is 12.5. The van der Waals surface area contributed by atoms with Gasteiger partial charge in [-0.25, -0.2) is 4.39 Å². The minimum Gasteiger partial charge on any atom is -0.308 e. The van der Waals surface area contributed by atoms with Crippen LogP contribution in [-0.2, 0) is 0 Å². The first-order chi connectivity index (χ1) is 9.43. The minimum absolute atomic E-state index is 0.177. The summed E-state index contributed by atoms with van der Waals surface area (Å²) in [4.78, 5) is 4.50. The lowest BCUT2D eigenvalue weighted by atomic mass is 9.94. The predicted octanol–water partition coefficient (Wildman–Crippen LogP) is 3.76. The number of hydrogen-bond acceptors (Lipinski definition) is 2. The summed E-state index contributed by atoms with van der Waals surface area (Å²) >= 11 is 0. The summed E-state index contributed by atoms with van der Waals surface area (Å²) in [6.45, 7) is 7.87. The van der Waals surface area contributed by atoms with Crippen LogP contribution in [0, 0.1) is 33.5 Å². The molecule has 1 N–H and O–H groups in total. The fraction of sp³-hybridized carbons (Fsp3) is 0.353. The van der Waals surface area contributed by atoms with E-state index in [0.29, 0.717) is 5.56 Å². The molecule has 0 spiro atoms. The number of rotatable bonds is 3. The molecular formula is C17H21FN2. The van der Waals surface area contributed by atoms with Crippen molar-refractivity contribution in [1.82, 2.24) is 10.3 Å². The van der Waals surface area contributed by atoms with E-state index in [9.17, 15) is 4.39 Å². The molecule has 0 saturated heterocycles. The molecule has 1 heterocycles. The molecule has 1 aromatic carbocycles. The fourth-order valence-electron chi connectivity index (χ4n) is 2.74. The number of aryl methyl sites for hydroxylation is 4. The van der Waals surface area contributed by atoms with Crippen LogP contribution in [0.15, 0.2) is 24.4 Å². The maximum atomic E-state index is 14.4. The maximum Gasteiger partial charge on any atom is 0.128 e. The average molecular weight is 272 g/mol.